The Hall–Kier alpha value is -4.50. The number of hydrogen-bond donors (Lipinski definition) is 1. The lowest BCUT2D eigenvalue weighted by atomic mass is 9.93. The fourth-order valence-corrected chi connectivity index (χ4v) is 4.30. The molecule has 1 N–H and O–H groups in total. The van der Waals surface area contributed by atoms with Gasteiger partial charge in [0.1, 0.15) is 18.1 Å². The molecule has 190 valence electrons. The number of carbonyl (C=O) groups excluding carboxylic acids is 2. The average Bonchev–Trinajstić information content (AvgIpc) is 3.16. The Morgan fingerprint density at radius 3 is 2.38 bits per heavy atom. The third-order valence-electron chi connectivity index (χ3n) is 6.20. The number of nitrogens with zero attached hydrogens (tertiary/aromatic N) is 2. The van der Waals surface area contributed by atoms with Crippen molar-refractivity contribution in [2.75, 3.05) is 20.3 Å². The van der Waals surface area contributed by atoms with Crippen molar-refractivity contribution in [3.8, 4) is 5.75 Å². The molecule has 0 aromatic heterocycles. The molecule has 37 heavy (non-hydrogen) atoms. The molecule has 1 fully saturated rings. The molecule has 9 heteroatoms. The maximum absolute atomic E-state index is 13.1. The summed E-state index contributed by atoms with van der Waals surface area (Å²) >= 11 is 0. The Morgan fingerprint density at radius 2 is 1.76 bits per heavy atom. The molecule has 1 aliphatic heterocycles. The molecule has 3 aromatic rings. The monoisotopic (exact) mass is 502 g/mol. The van der Waals surface area contributed by atoms with Gasteiger partial charge in [-0.15, -0.1) is 0 Å². The number of aliphatic hydroxyl groups excluding tert-OH is 1. The van der Waals surface area contributed by atoms with Crippen LogP contribution in [-0.2, 0) is 20.9 Å². The van der Waals surface area contributed by atoms with Crippen molar-refractivity contribution >= 4 is 23.1 Å². The minimum absolute atomic E-state index is 0.0870. The average molecular weight is 503 g/mol. The highest BCUT2D eigenvalue weighted by Gasteiger charge is 2.46. The molecular formula is C28H26N2O7. The number of nitro benzene ring substituents is 1. The van der Waals surface area contributed by atoms with Gasteiger partial charge in [-0.2, -0.15) is 0 Å². The van der Waals surface area contributed by atoms with Crippen molar-refractivity contribution in [1.29, 1.82) is 0 Å². The first-order valence-electron chi connectivity index (χ1n) is 11.6. The number of rotatable bonds is 9. The quantitative estimate of drug-likeness (QED) is 0.150. The zero-order valence-electron chi connectivity index (χ0n) is 20.4. The number of aliphatic hydroxyl groups is 1. The number of Topliss-reactive ketones (excluding diaryl/α,β-unsaturated/α-hetero) is 1. The van der Waals surface area contributed by atoms with Crippen LogP contribution in [0, 0.1) is 17.0 Å². The molecular weight excluding hydrogens is 476 g/mol. The van der Waals surface area contributed by atoms with Crippen molar-refractivity contribution in [2.24, 2.45) is 0 Å². The van der Waals surface area contributed by atoms with Crippen LogP contribution in [0.1, 0.15) is 28.3 Å². The molecule has 1 atom stereocenters. The van der Waals surface area contributed by atoms with E-state index in [-0.39, 0.29) is 30.2 Å². The van der Waals surface area contributed by atoms with Gasteiger partial charge in [0.05, 0.1) is 23.1 Å². The van der Waals surface area contributed by atoms with Gasteiger partial charge in [-0.3, -0.25) is 19.7 Å². The number of ketones is 1. The molecule has 1 amide bonds. The zero-order chi connectivity index (χ0) is 26.5. The molecule has 1 heterocycles. The van der Waals surface area contributed by atoms with E-state index in [1.807, 2.05) is 30.3 Å². The third-order valence-corrected chi connectivity index (χ3v) is 6.20. The normalized spacial score (nSPS) is 16.7. The minimum Gasteiger partial charge on any atom is -0.507 e. The van der Waals surface area contributed by atoms with E-state index in [4.69, 9.17) is 9.47 Å². The number of amides is 1. The first kappa shape index (κ1) is 25.6. The van der Waals surface area contributed by atoms with Gasteiger partial charge in [-0.25, -0.2) is 0 Å². The molecule has 1 saturated heterocycles. The lowest BCUT2D eigenvalue weighted by Crippen LogP contribution is -2.32. The summed E-state index contributed by atoms with van der Waals surface area (Å²) in [6, 6.07) is 19.4. The Balaban J connectivity index is 1.71. The van der Waals surface area contributed by atoms with Crippen LogP contribution in [0.25, 0.3) is 5.76 Å². The second-order valence-electron chi connectivity index (χ2n) is 8.58. The Bertz CT molecular complexity index is 1350. The molecule has 0 bridgehead atoms. The Morgan fingerprint density at radius 1 is 1.05 bits per heavy atom. The van der Waals surface area contributed by atoms with Crippen LogP contribution in [0.4, 0.5) is 5.69 Å². The third kappa shape index (κ3) is 5.36. The lowest BCUT2D eigenvalue weighted by Gasteiger charge is -2.25. The van der Waals surface area contributed by atoms with Crippen molar-refractivity contribution in [3.05, 3.63) is 111 Å². The number of likely N-dealkylation sites (tertiary alicyclic amines) is 1. The van der Waals surface area contributed by atoms with E-state index >= 15 is 0 Å². The molecule has 0 radical (unpaired) electrons. The Labute approximate surface area is 213 Å². The van der Waals surface area contributed by atoms with Gasteiger partial charge in [-0.1, -0.05) is 30.3 Å². The molecule has 1 unspecified atom stereocenters. The predicted octanol–water partition coefficient (Wildman–Crippen LogP) is 4.55. The predicted molar refractivity (Wildman–Crippen MR) is 136 cm³/mol. The van der Waals surface area contributed by atoms with Gasteiger partial charge < -0.3 is 19.5 Å². The summed E-state index contributed by atoms with van der Waals surface area (Å²) in [5.74, 6) is -1.35. The fourth-order valence-electron chi connectivity index (χ4n) is 4.30. The highest BCUT2D eigenvalue weighted by molar-refractivity contribution is 6.46. The second kappa shape index (κ2) is 11.0. The number of benzene rings is 3. The van der Waals surface area contributed by atoms with Gasteiger partial charge in [0, 0.05) is 31.4 Å². The summed E-state index contributed by atoms with van der Waals surface area (Å²) in [4.78, 5) is 37.9. The van der Waals surface area contributed by atoms with E-state index in [0.29, 0.717) is 29.0 Å². The number of hydrogen-bond acceptors (Lipinski definition) is 7. The topological polar surface area (TPSA) is 119 Å². The van der Waals surface area contributed by atoms with Crippen molar-refractivity contribution in [3.63, 3.8) is 0 Å². The zero-order valence-corrected chi connectivity index (χ0v) is 20.4. The number of aryl methyl sites for hydroxylation is 1. The molecule has 3 aromatic carbocycles. The first-order valence-corrected chi connectivity index (χ1v) is 11.6. The van der Waals surface area contributed by atoms with E-state index in [0.717, 1.165) is 5.56 Å². The summed E-state index contributed by atoms with van der Waals surface area (Å²) in [5, 5.41) is 22.4. The summed E-state index contributed by atoms with van der Waals surface area (Å²) in [7, 11) is 1.47. The number of nitro groups is 1. The first-order chi connectivity index (χ1) is 17.8. The van der Waals surface area contributed by atoms with Crippen LogP contribution in [0.15, 0.2) is 78.4 Å². The molecule has 4 rings (SSSR count). The maximum atomic E-state index is 13.1. The lowest BCUT2D eigenvalue weighted by molar-refractivity contribution is -0.384. The maximum Gasteiger partial charge on any atom is 0.295 e. The second-order valence-corrected chi connectivity index (χ2v) is 8.58. The van der Waals surface area contributed by atoms with Gasteiger partial charge in [0.15, 0.2) is 0 Å². The van der Waals surface area contributed by atoms with Crippen LogP contribution in [0.3, 0.4) is 0 Å². The van der Waals surface area contributed by atoms with Gasteiger partial charge in [0.25, 0.3) is 17.4 Å². The van der Waals surface area contributed by atoms with Crippen LogP contribution < -0.4 is 4.74 Å². The fraction of sp³-hybridized carbons (Fsp3) is 0.214. The summed E-state index contributed by atoms with van der Waals surface area (Å²) < 4.78 is 11.0. The summed E-state index contributed by atoms with van der Waals surface area (Å²) in [6.07, 6.45) is 0. The molecule has 9 nitrogen and oxygen atoms in total. The van der Waals surface area contributed by atoms with E-state index in [1.54, 1.807) is 25.1 Å². The van der Waals surface area contributed by atoms with E-state index < -0.39 is 22.7 Å². The molecule has 0 aliphatic carbocycles. The Kier molecular flexibility index (Phi) is 7.64. The number of non-ortho nitro benzene ring substituents is 1. The SMILES string of the molecule is COCCN1C(=O)C(=O)C(=C(O)c2ccc(OCc3ccccc3)cc2C)C1c1ccc([N+](=O)[O-])cc1. The minimum atomic E-state index is -0.927. The highest BCUT2D eigenvalue weighted by Crippen LogP contribution is 2.40. The standard InChI is InChI=1S/C28H26N2O7/c1-18-16-22(37-17-19-6-4-3-5-7-19)12-13-23(18)26(31)24-25(20-8-10-21(11-9-20)30(34)35)29(14-15-36-2)28(33)27(24)32/h3-13,16,25,31H,14-15,17H2,1-2H3. The highest BCUT2D eigenvalue weighted by atomic mass is 16.6. The van der Waals surface area contributed by atoms with Gasteiger partial charge in [0.2, 0.25) is 0 Å². The molecule has 1 aliphatic rings. The summed E-state index contributed by atoms with van der Waals surface area (Å²) in [5.41, 5.74) is 2.28. The van der Waals surface area contributed by atoms with Gasteiger partial charge >= 0.3 is 0 Å². The van der Waals surface area contributed by atoms with Crippen LogP contribution in [0.5, 0.6) is 5.75 Å². The molecule has 0 saturated carbocycles. The number of methoxy groups -OCH3 is 1. The van der Waals surface area contributed by atoms with Crippen LogP contribution in [-0.4, -0.2) is 46.9 Å². The van der Waals surface area contributed by atoms with Crippen molar-refractivity contribution in [2.45, 2.75) is 19.6 Å². The smallest absolute Gasteiger partial charge is 0.295 e. The largest absolute Gasteiger partial charge is 0.507 e. The number of carbonyl (C=O) groups is 2. The van der Waals surface area contributed by atoms with E-state index in [1.165, 1.54) is 36.3 Å². The molecule has 0 spiro atoms. The number of ether oxygens (including phenoxy) is 2. The van der Waals surface area contributed by atoms with Crippen LogP contribution in [0.2, 0.25) is 0 Å². The summed E-state index contributed by atoms with van der Waals surface area (Å²) in [6.45, 7) is 2.41. The van der Waals surface area contributed by atoms with E-state index in [9.17, 15) is 24.8 Å². The van der Waals surface area contributed by atoms with E-state index in [2.05, 4.69) is 0 Å². The van der Waals surface area contributed by atoms with Crippen molar-refractivity contribution < 1.29 is 29.1 Å². The van der Waals surface area contributed by atoms with Crippen molar-refractivity contribution in [1.82, 2.24) is 4.90 Å². The van der Waals surface area contributed by atoms with Gasteiger partial charge in [-0.05, 0) is 53.9 Å². The van der Waals surface area contributed by atoms with Crippen LogP contribution >= 0.6 is 0 Å².